The van der Waals surface area contributed by atoms with E-state index in [0.717, 1.165) is 0 Å². The fourth-order valence-corrected chi connectivity index (χ4v) is 3.37. The third kappa shape index (κ3) is 3.26. The standard InChI is InChI=1S/C17H16N4O5S/c1-3-26-16(23)11-8(2)18-14-13(15(22)20-17(27)19-14)12(11)9-6-4-5-7-10(9)21(24)25/h4-7,12H,3H2,1-2H3,(H3,18,19,20,22,27). The molecule has 0 spiro atoms. The Morgan fingerprint density at radius 1 is 1.33 bits per heavy atom. The van der Waals surface area contributed by atoms with E-state index in [1.54, 1.807) is 19.9 Å². The van der Waals surface area contributed by atoms with Crippen molar-refractivity contribution in [2.75, 3.05) is 11.9 Å². The predicted molar refractivity (Wildman–Crippen MR) is 100 cm³/mol. The molecule has 0 saturated carbocycles. The molecule has 0 saturated heterocycles. The molecule has 3 N–H and O–H groups in total. The Morgan fingerprint density at radius 2 is 2.04 bits per heavy atom. The van der Waals surface area contributed by atoms with Crippen LogP contribution in [0.2, 0.25) is 0 Å². The highest BCUT2D eigenvalue weighted by atomic mass is 32.1. The summed E-state index contributed by atoms with van der Waals surface area (Å²) >= 11 is 5.00. The molecule has 1 unspecified atom stereocenters. The van der Waals surface area contributed by atoms with Gasteiger partial charge in [0.05, 0.1) is 28.6 Å². The largest absolute Gasteiger partial charge is 0.463 e. The van der Waals surface area contributed by atoms with Gasteiger partial charge >= 0.3 is 5.97 Å². The third-order valence-corrected chi connectivity index (χ3v) is 4.42. The molecule has 1 aromatic carbocycles. The van der Waals surface area contributed by atoms with Crippen molar-refractivity contribution in [1.29, 1.82) is 0 Å². The fourth-order valence-electron chi connectivity index (χ4n) is 3.17. The topological polar surface area (TPSA) is 130 Å². The van der Waals surface area contributed by atoms with Crippen LogP contribution < -0.4 is 10.9 Å². The monoisotopic (exact) mass is 388 g/mol. The van der Waals surface area contributed by atoms with Gasteiger partial charge in [0.2, 0.25) is 0 Å². The van der Waals surface area contributed by atoms with Crippen molar-refractivity contribution in [2.45, 2.75) is 19.8 Å². The Labute approximate surface area is 158 Å². The van der Waals surface area contributed by atoms with E-state index < -0.39 is 22.4 Å². The second-order valence-corrected chi connectivity index (χ2v) is 6.24. The molecule has 0 bridgehead atoms. The average molecular weight is 388 g/mol. The van der Waals surface area contributed by atoms with Crippen LogP contribution in [0.3, 0.4) is 0 Å². The van der Waals surface area contributed by atoms with Crippen molar-refractivity contribution in [3.63, 3.8) is 0 Å². The molecule has 0 aliphatic carbocycles. The van der Waals surface area contributed by atoms with Crippen molar-refractivity contribution in [2.24, 2.45) is 0 Å². The molecule has 27 heavy (non-hydrogen) atoms. The Hall–Kier alpha value is -3.27. The minimum atomic E-state index is -0.988. The van der Waals surface area contributed by atoms with Crippen LogP contribution in [0.25, 0.3) is 0 Å². The summed E-state index contributed by atoms with van der Waals surface area (Å²) in [5.74, 6) is -1.35. The number of benzene rings is 1. The zero-order valence-corrected chi connectivity index (χ0v) is 15.3. The lowest BCUT2D eigenvalue weighted by Crippen LogP contribution is -2.31. The molecule has 0 radical (unpaired) electrons. The summed E-state index contributed by atoms with van der Waals surface area (Å²) in [4.78, 5) is 41.6. The van der Waals surface area contributed by atoms with Gasteiger partial charge in [0.1, 0.15) is 5.82 Å². The number of carbonyl (C=O) groups is 1. The molecule has 10 heteroatoms. The highest BCUT2D eigenvalue weighted by Gasteiger charge is 2.38. The number of anilines is 1. The number of nitrogens with one attached hydrogen (secondary N) is 3. The number of nitro benzene ring substituents is 1. The van der Waals surface area contributed by atoms with E-state index in [1.807, 2.05) is 0 Å². The number of esters is 1. The molecule has 1 atom stereocenters. The zero-order valence-electron chi connectivity index (χ0n) is 14.5. The second kappa shape index (κ2) is 7.16. The maximum Gasteiger partial charge on any atom is 0.336 e. The number of hydrogen-bond acceptors (Lipinski definition) is 7. The Kier molecular flexibility index (Phi) is 4.91. The smallest absolute Gasteiger partial charge is 0.336 e. The summed E-state index contributed by atoms with van der Waals surface area (Å²) < 4.78 is 5.23. The molecule has 0 amide bonds. The summed E-state index contributed by atoms with van der Waals surface area (Å²) in [5, 5.41) is 14.5. The third-order valence-electron chi connectivity index (χ3n) is 4.21. The molecular weight excluding hydrogens is 372 g/mol. The number of nitrogens with zero attached hydrogens (tertiary/aromatic N) is 1. The second-order valence-electron chi connectivity index (χ2n) is 5.83. The lowest BCUT2D eigenvalue weighted by atomic mass is 9.81. The molecule has 1 aromatic heterocycles. The van der Waals surface area contributed by atoms with E-state index in [4.69, 9.17) is 17.0 Å². The molecular formula is C17H16N4O5S. The lowest BCUT2D eigenvalue weighted by molar-refractivity contribution is -0.385. The van der Waals surface area contributed by atoms with Crippen molar-refractivity contribution in [3.8, 4) is 0 Å². The van der Waals surface area contributed by atoms with Gasteiger partial charge in [0, 0.05) is 17.3 Å². The van der Waals surface area contributed by atoms with Gasteiger partial charge in [0.15, 0.2) is 4.77 Å². The maximum absolute atomic E-state index is 12.7. The van der Waals surface area contributed by atoms with Gasteiger partial charge in [-0.1, -0.05) is 18.2 Å². The number of rotatable bonds is 4. The van der Waals surface area contributed by atoms with E-state index in [0.29, 0.717) is 5.70 Å². The van der Waals surface area contributed by atoms with Crippen molar-refractivity contribution in [1.82, 2.24) is 9.97 Å². The van der Waals surface area contributed by atoms with Crippen LogP contribution in [0.5, 0.6) is 0 Å². The van der Waals surface area contributed by atoms with Gasteiger partial charge in [-0.2, -0.15) is 0 Å². The number of aromatic nitrogens is 2. The number of nitro groups is 1. The van der Waals surface area contributed by atoms with Crippen LogP contribution in [0.15, 0.2) is 40.3 Å². The normalized spacial score (nSPS) is 15.7. The SMILES string of the molecule is CCOC(=O)C1=C(C)Nc2[nH]c(=S)[nH]c(=O)c2C1c1ccccc1[N+](=O)[O-]. The van der Waals surface area contributed by atoms with Crippen molar-refractivity contribution >= 4 is 29.7 Å². The number of H-pyrrole nitrogens is 2. The van der Waals surface area contributed by atoms with Crippen LogP contribution in [0.1, 0.15) is 30.9 Å². The minimum Gasteiger partial charge on any atom is -0.463 e. The summed E-state index contributed by atoms with van der Waals surface area (Å²) in [7, 11) is 0. The summed E-state index contributed by atoms with van der Waals surface area (Å²) in [6.45, 7) is 3.41. The molecule has 2 aromatic rings. The van der Waals surface area contributed by atoms with E-state index in [-0.39, 0.29) is 39.6 Å². The number of aromatic amines is 2. The van der Waals surface area contributed by atoms with Crippen LogP contribution in [0, 0.1) is 14.9 Å². The summed E-state index contributed by atoms with van der Waals surface area (Å²) in [6, 6.07) is 5.98. The molecule has 2 heterocycles. The zero-order chi connectivity index (χ0) is 19.7. The summed E-state index contributed by atoms with van der Waals surface area (Å²) in [5.41, 5.74) is 0.149. The van der Waals surface area contributed by atoms with Crippen molar-refractivity contribution < 1.29 is 14.5 Å². The highest BCUT2D eigenvalue weighted by molar-refractivity contribution is 7.71. The fraction of sp³-hybridized carbons (Fsp3) is 0.235. The Morgan fingerprint density at radius 3 is 2.70 bits per heavy atom. The van der Waals surface area contributed by atoms with Crippen LogP contribution >= 0.6 is 12.2 Å². The first-order valence-electron chi connectivity index (χ1n) is 8.09. The van der Waals surface area contributed by atoms with E-state index in [9.17, 15) is 19.7 Å². The lowest BCUT2D eigenvalue weighted by Gasteiger charge is -2.28. The Balaban J connectivity index is 2.37. The van der Waals surface area contributed by atoms with Crippen molar-refractivity contribution in [3.05, 3.63) is 71.9 Å². The van der Waals surface area contributed by atoms with Gasteiger partial charge in [0.25, 0.3) is 11.2 Å². The summed E-state index contributed by atoms with van der Waals surface area (Å²) in [6.07, 6.45) is 0. The Bertz CT molecular complexity index is 1090. The van der Waals surface area contributed by atoms with Gasteiger partial charge in [-0.3, -0.25) is 19.9 Å². The van der Waals surface area contributed by atoms with Crippen LogP contribution in [0.4, 0.5) is 11.5 Å². The van der Waals surface area contributed by atoms with Crippen LogP contribution in [-0.4, -0.2) is 27.5 Å². The number of ether oxygens (including phenoxy) is 1. The highest BCUT2D eigenvalue weighted by Crippen LogP contribution is 2.42. The predicted octanol–water partition coefficient (Wildman–Crippen LogP) is 2.74. The molecule has 1 aliphatic rings. The average Bonchev–Trinajstić information content (AvgIpc) is 2.60. The molecule has 0 fully saturated rings. The van der Waals surface area contributed by atoms with E-state index in [2.05, 4.69) is 15.3 Å². The van der Waals surface area contributed by atoms with Gasteiger partial charge in [-0.05, 0) is 26.1 Å². The van der Waals surface area contributed by atoms with Gasteiger partial charge < -0.3 is 15.0 Å². The van der Waals surface area contributed by atoms with Gasteiger partial charge in [-0.15, -0.1) is 0 Å². The number of hydrogen-bond donors (Lipinski definition) is 3. The minimum absolute atomic E-state index is 0.0972. The first-order chi connectivity index (χ1) is 12.8. The van der Waals surface area contributed by atoms with E-state index >= 15 is 0 Å². The van der Waals surface area contributed by atoms with Gasteiger partial charge in [-0.25, -0.2) is 4.79 Å². The number of carbonyl (C=O) groups excluding carboxylic acids is 1. The number of allylic oxidation sites excluding steroid dienone is 1. The van der Waals surface area contributed by atoms with Crippen LogP contribution in [-0.2, 0) is 9.53 Å². The first kappa shape index (κ1) is 18.5. The quantitative estimate of drug-likeness (QED) is 0.318. The molecule has 1 aliphatic heterocycles. The molecule has 140 valence electrons. The number of para-hydroxylation sites is 1. The molecule has 9 nitrogen and oxygen atoms in total. The molecule has 3 rings (SSSR count). The maximum atomic E-state index is 12.7. The van der Waals surface area contributed by atoms with E-state index in [1.165, 1.54) is 18.2 Å². The number of fused-ring (bicyclic) bond motifs is 1. The first-order valence-corrected chi connectivity index (χ1v) is 8.50.